The molecule has 0 amide bonds. The van der Waals surface area contributed by atoms with Gasteiger partial charge in [0.1, 0.15) is 0 Å². The molecule has 0 aromatic carbocycles. The van der Waals surface area contributed by atoms with Crippen LogP contribution in [0.15, 0.2) is 0 Å². The van der Waals surface area contributed by atoms with Gasteiger partial charge in [-0.3, -0.25) is 11.1 Å². The van der Waals surface area contributed by atoms with Crippen LogP contribution in [0.3, 0.4) is 0 Å². The van der Waals surface area contributed by atoms with Crippen molar-refractivity contribution < 1.29 is 9.68 Å². The van der Waals surface area contributed by atoms with Crippen molar-refractivity contribution in [1.29, 1.82) is 0 Å². The van der Waals surface area contributed by atoms with Gasteiger partial charge in [-0.05, 0) is 13.3 Å². The molecule has 2 rings (SSSR count). The number of aliphatic hydroxyl groups is 1. The number of hydrogen-bond acceptors (Lipinski definition) is 3. The minimum Gasteiger partial charge on any atom is -0.361 e. The van der Waals surface area contributed by atoms with E-state index < -0.39 is 0 Å². The van der Waals surface area contributed by atoms with E-state index in [2.05, 4.69) is 12.2 Å². The molecule has 1 fully saturated rings. The summed E-state index contributed by atoms with van der Waals surface area (Å²) in [5.41, 5.74) is 5.77. The molecule has 4 N–H and O–H groups in total. The van der Waals surface area contributed by atoms with Crippen LogP contribution >= 0.6 is 0 Å². The maximum Gasteiger partial charge on any atom is 0.346 e. The molecule has 0 spiro atoms. The quantitative estimate of drug-likeness (QED) is 0.416. The third-order valence-corrected chi connectivity index (χ3v) is 2.77. The lowest BCUT2D eigenvalue weighted by Gasteiger charge is -2.25. The fourth-order valence-corrected chi connectivity index (χ4v) is 2.25. The van der Waals surface area contributed by atoms with E-state index in [9.17, 15) is 5.11 Å². The van der Waals surface area contributed by atoms with Gasteiger partial charge in [0.2, 0.25) is 0 Å². The second-order valence-electron chi connectivity index (χ2n) is 3.79. The van der Waals surface area contributed by atoms with E-state index in [0.717, 1.165) is 19.3 Å². The van der Waals surface area contributed by atoms with Gasteiger partial charge in [-0.1, -0.05) is 0 Å². The van der Waals surface area contributed by atoms with E-state index in [0.29, 0.717) is 18.0 Å². The van der Waals surface area contributed by atoms with Crippen LogP contribution in [0, 0.1) is 0 Å². The summed E-state index contributed by atoms with van der Waals surface area (Å²) in [6.07, 6.45) is 2.63. The fraction of sp³-hybridized carbons (Fsp3) is 0.875. The Labute approximate surface area is 72.1 Å². The van der Waals surface area contributed by atoms with Crippen LogP contribution in [0.1, 0.15) is 26.2 Å². The molecule has 2 aliphatic heterocycles. The predicted molar refractivity (Wildman–Crippen MR) is 45.7 cm³/mol. The highest BCUT2D eigenvalue weighted by Gasteiger charge is 2.38. The van der Waals surface area contributed by atoms with E-state index in [1.165, 1.54) is 0 Å². The molecule has 3 atom stereocenters. The molecule has 68 valence electrons. The van der Waals surface area contributed by atoms with Gasteiger partial charge in [-0.25, -0.2) is 4.58 Å². The van der Waals surface area contributed by atoms with E-state index in [1.54, 1.807) is 0 Å². The Hall–Kier alpha value is -0.770. The van der Waals surface area contributed by atoms with Gasteiger partial charge in [-0.15, -0.1) is 0 Å². The summed E-state index contributed by atoms with van der Waals surface area (Å²) in [7, 11) is 0. The summed E-state index contributed by atoms with van der Waals surface area (Å²) in [5.74, 6) is 0.642. The minimum atomic E-state index is -0.366. The number of fused-ring (bicyclic) bond motifs is 1. The highest BCUT2D eigenvalue weighted by Crippen LogP contribution is 2.23. The third kappa shape index (κ3) is 1.06. The van der Waals surface area contributed by atoms with Crippen LogP contribution in [0.2, 0.25) is 0 Å². The van der Waals surface area contributed by atoms with E-state index in [-0.39, 0.29) is 6.23 Å². The Balaban J connectivity index is 2.28. The van der Waals surface area contributed by atoms with Crippen LogP contribution in [0.25, 0.3) is 0 Å². The summed E-state index contributed by atoms with van der Waals surface area (Å²) in [5, 5.41) is 12.7. The highest BCUT2D eigenvalue weighted by atomic mass is 16.3. The van der Waals surface area contributed by atoms with Gasteiger partial charge in [0.05, 0.1) is 12.1 Å². The number of nitrogens with one attached hydrogen (secondary N) is 1. The van der Waals surface area contributed by atoms with Crippen molar-refractivity contribution in [2.75, 3.05) is 0 Å². The zero-order valence-electron chi connectivity index (χ0n) is 7.33. The van der Waals surface area contributed by atoms with Crippen molar-refractivity contribution >= 4 is 5.96 Å². The molecule has 4 nitrogen and oxygen atoms in total. The smallest absolute Gasteiger partial charge is 0.346 e. The zero-order valence-corrected chi connectivity index (χ0v) is 7.33. The maximum atomic E-state index is 9.57. The number of hydrogen-bond donors (Lipinski definition) is 3. The Bertz CT molecular complexity index is 226. The summed E-state index contributed by atoms with van der Waals surface area (Å²) in [4.78, 5) is 0. The van der Waals surface area contributed by atoms with Gasteiger partial charge >= 0.3 is 5.96 Å². The van der Waals surface area contributed by atoms with Crippen molar-refractivity contribution in [3.8, 4) is 0 Å². The van der Waals surface area contributed by atoms with Crippen molar-refractivity contribution in [1.82, 2.24) is 5.32 Å². The number of nitrogens with two attached hydrogens (primary N) is 1. The van der Waals surface area contributed by atoms with Crippen LogP contribution in [-0.2, 0) is 0 Å². The van der Waals surface area contributed by atoms with E-state index in [1.807, 2.05) is 4.58 Å². The molecule has 0 radical (unpaired) electrons. The molecule has 1 saturated heterocycles. The van der Waals surface area contributed by atoms with Gasteiger partial charge in [0.25, 0.3) is 0 Å². The molecule has 0 aromatic rings. The Morgan fingerprint density at radius 3 is 3.08 bits per heavy atom. The average molecular weight is 170 g/mol. The van der Waals surface area contributed by atoms with Crippen molar-refractivity contribution in [2.24, 2.45) is 5.73 Å². The number of rotatable bonds is 0. The normalized spacial score (nSPS) is 41.0. The molecule has 1 unspecified atom stereocenters. The molecule has 4 heteroatoms. The largest absolute Gasteiger partial charge is 0.361 e. The standard InChI is InChI=1S/C8H15N3O/c1-5-4-6-2-3-7(12)11(6)8(9)10-5/h5-7,12H,2-4H2,1H3,(H2,9,10)/p+1/t5-,6+,7?/m0/s1. The first kappa shape index (κ1) is 7.86. The fourth-order valence-electron chi connectivity index (χ4n) is 2.25. The van der Waals surface area contributed by atoms with E-state index in [4.69, 9.17) is 5.73 Å². The predicted octanol–water partition coefficient (Wildman–Crippen LogP) is -0.824. The monoisotopic (exact) mass is 170 g/mol. The number of aliphatic hydroxyl groups excluding tert-OH is 1. The second-order valence-corrected chi connectivity index (χ2v) is 3.79. The van der Waals surface area contributed by atoms with Crippen LogP contribution < -0.4 is 11.1 Å². The minimum absolute atomic E-state index is 0.366. The van der Waals surface area contributed by atoms with Crippen LogP contribution in [0.5, 0.6) is 0 Å². The van der Waals surface area contributed by atoms with Crippen LogP contribution in [0.4, 0.5) is 0 Å². The Kier molecular flexibility index (Phi) is 1.72. The Morgan fingerprint density at radius 2 is 2.33 bits per heavy atom. The summed E-state index contributed by atoms with van der Waals surface area (Å²) in [6, 6.07) is 0.896. The second kappa shape index (κ2) is 2.62. The SMILES string of the molecule is C[C@H]1C[C@H]2CCC(O)[N+]2=C(N)N1. The zero-order chi connectivity index (χ0) is 8.72. The topological polar surface area (TPSA) is 61.3 Å². The van der Waals surface area contributed by atoms with Crippen molar-refractivity contribution in [3.05, 3.63) is 0 Å². The molecule has 2 heterocycles. The van der Waals surface area contributed by atoms with Crippen molar-refractivity contribution in [2.45, 2.75) is 44.5 Å². The molecule has 2 aliphatic rings. The molecule has 0 aromatic heterocycles. The molecule has 0 aliphatic carbocycles. The average Bonchev–Trinajstić information content (AvgIpc) is 2.31. The Morgan fingerprint density at radius 1 is 1.58 bits per heavy atom. The molecule has 0 bridgehead atoms. The van der Waals surface area contributed by atoms with Gasteiger partial charge in [0, 0.05) is 12.8 Å². The van der Waals surface area contributed by atoms with Crippen LogP contribution in [-0.4, -0.2) is 34.0 Å². The van der Waals surface area contributed by atoms with Crippen molar-refractivity contribution in [3.63, 3.8) is 0 Å². The first-order valence-electron chi connectivity index (χ1n) is 4.54. The number of nitrogens with zero attached hydrogens (tertiary/aromatic N) is 1. The van der Waals surface area contributed by atoms with E-state index >= 15 is 0 Å². The van der Waals surface area contributed by atoms with Gasteiger partial charge in [0.15, 0.2) is 6.23 Å². The molecule has 0 saturated carbocycles. The maximum absolute atomic E-state index is 9.57. The van der Waals surface area contributed by atoms with Gasteiger partial charge in [-0.2, -0.15) is 0 Å². The van der Waals surface area contributed by atoms with Gasteiger partial charge < -0.3 is 5.11 Å². The number of guanidine groups is 1. The lowest BCUT2D eigenvalue weighted by Crippen LogP contribution is -2.54. The summed E-state index contributed by atoms with van der Waals surface area (Å²) in [6.45, 7) is 2.12. The first-order chi connectivity index (χ1) is 5.68. The third-order valence-electron chi connectivity index (χ3n) is 2.77. The first-order valence-corrected chi connectivity index (χ1v) is 4.54. The highest BCUT2D eigenvalue weighted by molar-refractivity contribution is 5.73. The lowest BCUT2D eigenvalue weighted by atomic mass is 10.1. The lowest BCUT2D eigenvalue weighted by molar-refractivity contribution is -0.623. The molecular formula is C8H16N3O+. The molecular weight excluding hydrogens is 154 g/mol. The molecule has 12 heavy (non-hydrogen) atoms. The summed E-state index contributed by atoms with van der Waals surface area (Å²) < 4.78 is 1.90. The summed E-state index contributed by atoms with van der Waals surface area (Å²) >= 11 is 0.